The Kier molecular flexibility index (Phi) is 7.59. The lowest BCUT2D eigenvalue weighted by molar-refractivity contribution is -0.125. The number of rotatable bonds is 8. The van der Waals surface area contributed by atoms with Gasteiger partial charge in [0.25, 0.3) is 0 Å². The number of anilines is 2. The van der Waals surface area contributed by atoms with Crippen LogP contribution in [0.25, 0.3) is 11.1 Å². The second-order valence-electron chi connectivity index (χ2n) is 9.28. The van der Waals surface area contributed by atoms with Crippen LogP contribution in [0.1, 0.15) is 24.0 Å². The summed E-state index contributed by atoms with van der Waals surface area (Å²) in [6.45, 7) is 1.54. The molecule has 1 fully saturated rings. The van der Waals surface area contributed by atoms with Gasteiger partial charge in [0, 0.05) is 42.0 Å². The summed E-state index contributed by atoms with van der Waals surface area (Å²) in [7, 11) is -3.69. The summed E-state index contributed by atoms with van der Waals surface area (Å²) in [5.74, 6) is -6.27. The van der Waals surface area contributed by atoms with Crippen molar-refractivity contribution in [2.75, 3.05) is 22.4 Å². The first-order valence-corrected chi connectivity index (χ1v) is 13.6. The summed E-state index contributed by atoms with van der Waals surface area (Å²) in [4.78, 5) is 26.5. The van der Waals surface area contributed by atoms with E-state index >= 15 is 8.78 Å². The van der Waals surface area contributed by atoms with Gasteiger partial charge in [-0.1, -0.05) is 18.2 Å². The molecule has 1 N–H and O–H groups in total. The van der Waals surface area contributed by atoms with Gasteiger partial charge in [0.15, 0.2) is 11.6 Å². The van der Waals surface area contributed by atoms with Gasteiger partial charge in [-0.3, -0.25) is 14.3 Å². The molecule has 11 heteroatoms. The number of hydrogen-bond acceptors (Lipinski definition) is 4. The van der Waals surface area contributed by atoms with E-state index in [0.717, 1.165) is 23.3 Å². The van der Waals surface area contributed by atoms with Crippen molar-refractivity contribution < 1.29 is 35.6 Å². The zero-order valence-corrected chi connectivity index (χ0v) is 21.3. The largest absolute Gasteiger partial charge is 0.309 e. The van der Waals surface area contributed by atoms with Crippen LogP contribution in [0.15, 0.2) is 48.5 Å². The Morgan fingerprint density at radius 3 is 2.32 bits per heavy atom. The van der Waals surface area contributed by atoms with Crippen molar-refractivity contribution in [3.8, 4) is 11.1 Å². The molecule has 0 spiro atoms. The molecule has 0 aromatic heterocycles. The molecule has 1 aliphatic rings. The number of carbonyl (C=O) groups is 2. The second-order valence-corrected chi connectivity index (χ2v) is 11.0. The Morgan fingerprint density at radius 2 is 1.66 bits per heavy atom. The maximum absolute atomic E-state index is 15.2. The van der Waals surface area contributed by atoms with Crippen molar-refractivity contribution in [2.24, 2.45) is 5.92 Å². The van der Waals surface area contributed by atoms with Gasteiger partial charge < -0.3 is 4.90 Å². The maximum atomic E-state index is 15.2. The Balaban J connectivity index is 1.53. The lowest BCUT2D eigenvalue weighted by atomic mass is 9.96. The molecule has 6 nitrogen and oxygen atoms in total. The Labute approximate surface area is 217 Å². The van der Waals surface area contributed by atoms with E-state index in [1.807, 2.05) is 0 Å². The fourth-order valence-electron chi connectivity index (χ4n) is 4.57. The van der Waals surface area contributed by atoms with E-state index in [-0.39, 0.29) is 47.5 Å². The Morgan fingerprint density at radius 1 is 1.00 bits per heavy atom. The fraction of sp³-hybridized carbons (Fsp3) is 0.259. The van der Waals surface area contributed by atoms with E-state index in [1.165, 1.54) is 43.3 Å². The van der Waals surface area contributed by atoms with Gasteiger partial charge in [-0.15, -0.1) is 0 Å². The van der Waals surface area contributed by atoms with Gasteiger partial charge in [-0.2, -0.15) is 0 Å². The minimum atomic E-state index is -3.69. The van der Waals surface area contributed by atoms with Gasteiger partial charge in [-0.05, 0) is 49.2 Å². The normalized spacial score (nSPS) is 15.7. The van der Waals surface area contributed by atoms with E-state index in [1.54, 1.807) is 0 Å². The molecule has 38 heavy (non-hydrogen) atoms. The predicted molar refractivity (Wildman–Crippen MR) is 135 cm³/mol. The number of nitrogens with zero attached hydrogens (tertiary/aromatic N) is 1. The molecule has 0 unspecified atom stereocenters. The third-order valence-corrected chi connectivity index (χ3v) is 6.91. The molecule has 3 aromatic carbocycles. The van der Waals surface area contributed by atoms with Crippen molar-refractivity contribution in [2.45, 2.75) is 26.2 Å². The van der Waals surface area contributed by atoms with Crippen molar-refractivity contribution in [1.29, 1.82) is 0 Å². The Bertz CT molecular complexity index is 1520. The van der Waals surface area contributed by atoms with Crippen LogP contribution >= 0.6 is 0 Å². The number of aryl methyl sites for hydroxylation is 1. The quantitative estimate of drug-likeness (QED) is 0.395. The van der Waals surface area contributed by atoms with E-state index in [0.29, 0.717) is 5.56 Å². The number of sulfonamides is 1. The fourth-order valence-corrected chi connectivity index (χ4v) is 5.15. The third kappa shape index (κ3) is 5.72. The highest BCUT2D eigenvalue weighted by atomic mass is 32.2. The molecule has 0 aliphatic carbocycles. The number of halogens is 4. The molecule has 0 radical (unpaired) electrons. The molecule has 3 aromatic rings. The summed E-state index contributed by atoms with van der Waals surface area (Å²) in [6.07, 6.45) is 0.278. The zero-order chi connectivity index (χ0) is 27.8. The third-order valence-electron chi connectivity index (χ3n) is 6.32. The van der Waals surface area contributed by atoms with E-state index in [4.69, 9.17) is 0 Å². The van der Waals surface area contributed by atoms with Crippen LogP contribution in [0, 0.1) is 36.1 Å². The average molecular weight is 549 g/mol. The molecular weight excluding hydrogens is 524 g/mol. The summed E-state index contributed by atoms with van der Waals surface area (Å²) >= 11 is 0. The van der Waals surface area contributed by atoms with E-state index in [2.05, 4.69) is 4.72 Å². The lowest BCUT2D eigenvalue weighted by Crippen LogP contribution is -2.29. The summed E-state index contributed by atoms with van der Waals surface area (Å²) in [5.41, 5.74) is -0.384. The minimum Gasteiger partial charge on any atom is -0.309 e. The molecule has 0 saturated carbocycles. The molecule has 1 heterocycles. The maximum Gasteiger partial charge on any atom is 0.230 e. The number of nitrogens with one attached hydrogen (secondary N) is 1. The predicted octanol–water partition coefficient (Wildman–Crippen LogP) is 5.14. The SMILES string of the molecule is Cc1cc(F)c(CC(=O)C[C@@H]2CCN(c3ccc(-c4ccccc4NS(C)(=O)=O)c(F)c3F)C2=O)c(F)c1. The summed E-state index contributed by atoms with van der Waals surface area (Å²) < 4.78 is 84.2. The number of amides is 1. The van der Waals surface area contributed by atoms with Crippen LogP contribution in [-0.4, -0.2) is 32.9 Å². The number of Topliss-reactive ketones (excluding diaryl/α,β-unsaturated/α-hetero) is 1. The van der Waals surface area contributed by atoms with E-state index < -0.39 is 57.3 Å². The molecule has 4 rings (SSSR count). The minimum absolute atomic E-state index is 0.0198. The first kappa shape index (κ1) is 27.3. The van der Waals surface area contributed by atoms with Gasteiger partial charge in [0.05, 0.1) is 17.6 Å². The van der Waals surface area contributed by atoms with Crippen molar-refractivity contribution in [3.63, 3.8) is 0 Å². The van der Waals surface area contributed by atoms with Crippen LogP contribution in [0.3, 0.4) is 0 Å². The number of carbonyl (C=O) groups excluding carboxylic acids is 2. The van der Waals surface area contributed by atoms with Crippen molar-refractivity contribution >= 4 is 33.1 Å². The molecule has 1 atom stereocenters. The first-order chi connectivity index (χ1) is 17.9. The summed E-state index contributed by atoms with van der Waals surface area (Å²) in [5, 5.41) is 0. The summed E-state index contributed by atoms with van der Waals surface area (Å²) in [6, 6.07) is 10.6. The van der Waals surface area contributed by atoms with E-state index in [9.17, 15) is 26.8 Å². The molecular formula is C27H24F4N2O4S. The van der Waals surface area contributed by atoms with Crippen LogP contribution < -0.4 is 9.62 Å². The molecule has 200 valence electrons. The molecule has 1 saturated heterocycles. The van der Waals surface area contributed by atoms with Gasteiger partial charge in [0.2, 0.25) is 15.9 Å². The molecule has 0 bridgehead atoms. The number of ketones is 1. The number of para-hydroxylation sites is 1. The van der Waals surface area contributed by atoms with Crippen LogP contribution in [0.5, 0.6) is 0 Å². The monoisotopic (exact) mass is 548 g/mol. The van der Waals surface area contributed by atoms with Gasteiger partial charge >= 0.3 is 0 Å². The topological polar surface area (TPSA) is 83.6 Å². The highest BCUT2D eigenvalue weighted by Crippen LogP contribution is 2.37. The highest BCUT2D eigenvalue weighted by Gasteiger charge is 2.36. The highest BCUT2D eigenvalue weighted by molar-refractivity contribution is 7.92. The van der Waals surface area contributed by atoms with Gasteiger partial charge in [-0.25, -0.2) is 26.0 Å². The van der Waals surface area contributed by atoms with Crippen LogP contribution in [0.2, 0.25) is 0 Å². The lowest BCUT2D eigenvalue weighted by Gasteiger charge is -2.19. The Hall–Kier alpha value is -3.73. The van der Waals surface area contributed by atoms with Crippen molar-refractivity contribution in [3.05, 3.63) is 82.9 Å². The molecule has 1 amide bonds. The number of hydrogen-bond donors (Lipinski definition) is 1. The second kappa shape index (κ2) is 10.6. The van der Waals surface area contributed by atoms with Gasteiger partial charge in [0.1, 0.15) is 17.4 Å². The zero-order valence-electron chi connectivity index (χ0n) is 20.5. The average Bonchev–Trinajstić information content (AvgIpc) is 3.17. The smallest absolute Gasteiger partial charge is 0.230 e. The van der Waals surface area contributed by atoms with Crippen LogP contribution in [-0.2, 0) is 26.0 Å². The standard InChI is InChI=1S/C27H24F4N2O4S/c1-15-11-21(28)20(22(29)12-15)14-17(34)13-16-9-10-33(27(16)35)24-8-7-19(25(30)26(24)31)18-5-3-4-6-23(18)32-38(2,36)37/h3-8,11-12,16,32H,9-10,13-14H2,1-2H3/t16-/m0/s1. The first-order valence-electron chi connectivity index (χ1n) is 11.7. The number of benzene rings is 3. The molecule has 1 aliphatic heterocycles. The van der Waals surface area contributed by atoms with Crippen LogP contribution in [0.4, 0.5) is 28.9 Å². The van der Waals surface area contributed by atoms with Crippen molar-refractivity contribution in [1.82, 2.24) is 0 Å².